The molecule has 0 aliphatic heterocycles. The Morgan fingerprint density at radius 3 is 0.920 bits per heavy atom. The van der Waals surface area contributed by atoms with Crippen molar-refractivity contribution in [2.24, 2.45) is 0 Å². The summed E-state index contributed by atoms with van der Waals surface area (Å²) >= 11 is 0. The Morgan fingerprint density at radius 1 is 0.320 bits per heavy atom. The van der Waals surface area contributed by atoms with Crippen LogP contribution in [0.1, 0.15) is 25.0 Å². The van der Waals surface area contributed by atoms with E-state index in [0.29, 0.717) is 0 Å². The van der Waals surface area contributed by atoms with Gasteiger partial charge in [-0.05, 0) is 66.4 Å². The Kier molecular flexibility index (Phi) is 7.35. The SMILES string of the molecule is CCc1cccc(-c2ccc3ccc4ccc(-c5cccc(-c6ccc7ccc8ccc(-c9cccc(CC)c9)nc8c7n6)c5)nc4c3n2)c1. The van der Waals surface area contributed by atoms with E-state index < -0.39 is 0 Å². The second-order valence-electron chi connectivity index (χ2n) is 12.9. The summed E-state index contributed by atoms with van der Waals surface area (Å²) in [5.74, 6) is 0. The van der Waals surface area contributed by atoms with E-state index in [1.165, 1.54) is 11.1 Å². The molecule has 4 nitrogen and oxygen atoms in total. The zero-order valence-corrected chi connectivity index (χ0v) is 28.1. The summed E-state index contributed by atoms with van der Waals surface area (Å²) < 4.78 is 0. The molecule has 50 heavy (non-hydrogen) atoms. The van der Waals surface area contributed by atoms with Crippen LogP contribution in [0.15, 0.2) is 146 Å². The minimum atomic E-state index is 0.902. The van der Waals surface area contributed by atoms with E-state index in [9.17, 15) is 0 Å². The molecule has 0 spiro atoms. The zero-order valence-electron chi connectivity index (χ0n) is 28.1. The Balaban J connectivity index is 1.13. The molecule has 4 heteroatoms. The highest BCUT2D eigenvalue weighted by Gasteiger charge is 2.12. The van der Waals surface area contributed by atoms with Crippen LogP contribution in [0.2, 0.25) is 0 Å². The van der Waals surface area contributed by atoms with Gasteiger partial charge in [0.2, 0.25) is 0 Å². The molecule has 9 rings (SSSR count). The van der Waals surface area contributed by atoms with Gasteiger partial charge in [0.1, 0.15) is 0 Å². The van der Waals surface area contributed by atoms with Crippen LogP contribution in [0.5, 0.6) is 0 Å². The zero-order chi connectivity index (χ0) is 33.6. The largest absolute Gasteiger partial charge is 0.245 e. The maximum absolute atomic E-state index is 5.23. The van der Waals surface area contributed by atoms with Gasteiger partial charge in [-0.15, -0.1) is 0 Å². The number of hydrogen-bond acceptors (Lipinski definition) is 4. The van der Waals surface area contributed by atoms with Crippen molar-refractivity contribution in [3.05, 3.63) is 157 Å². The fraction of sp³-hybridized carbons (Fsp3) is 0.0870. The molecule has 4 heterocycles. The summed E-state index contributed by atoms with van der Waals surface area (Å²) in [6.07, 6.45) is 1.98. The van der Waals surface area contributed by atoms with Gasteiger partial charge < -0.3 is 0 Å². The molecule has 0 aliphatic carbocycles. The first-order chi connectivity index (χ1) is 24.6. The van der Waals surface area contributed by atoms with Crippen LogP contribution in [0, 0.1) is 0 Å². The van der Waals surface area contributed by atoms with Crippen LogP contribution < -0.4 is 0 Å². The van der Waals surface area contributed by atoms with Crippen LogP contribution in [0.25, 0.3) is 88.6 Å². The summed E-state index contributed by atoms with van der Waals surface area (Å²) in [4.78, 5) is 20.8. The first-order valence-corrected chi connectivity index (χ1v) is 17.3. The third kappa shape index (κ3) is 5.36. The lowest BCUT2D eigenvalue weighted by Gasteiger charge is -2.10. The van der Waals surface area contributed by atoms with E-state index in [-0.39, 0.29) is 0 Å². The molecule has 4 aromatic heterocycles. The molecular formula is C46H34N4. The predicted octanol–water partition coefficient (Wildman–Crippen LogP) is 11.7. The number of benzene rings is 5. The molecule has 5 aromatic carbocycles. The highest BCUT2D eigenvalue weighted by molar-refractivity contribution is 6.05. The third-order valence-electron chi connectivity index (χ3n) is 9.76. The lowest BCUT2D eigenvalue weighted by molar-refractivity contribution is 1.14. The Bertz CT molecular complexity index is 2560. The lowest BCUT2D eigenvalue weighted by atomic mass is 10.0. The van der Waals surface area contributed by atoms with Crippen molar-refractivity contribution < 1.29 is 0 Å². The second kappa shape index (κ2) is 12.3. The highest BCUT2D eigenvalue weighted by Crippen LogP contribution is 2.32. The Morgan fingerprint density at radius 2 is 0.600 bits per heavy atom. The molecular weight excluding hydrogens is 609 g/mol. The topological polar surface area (TPSA) is 51.6 Å². The second-order valence-corrected chi connectivity index (χ2v) is 12.9. The van der Waals surface area contributed by atoms with Crippen molar-refractivity contribution in [2.45, 2.75) is 26.7 Å². The molecule has 0 aliphatic rings. The van der Waals surface area contributed by atoms with Crippen LogP contribution in [-0.4, -0.2) is 19.9 Å². The molecule has 0 fully saturated rings. The highest BCUT2D eigenvalue weighted by atomic mass is 14.8. The summed E-state index contributed by atoms with van der Waals surface area (Å²) in [6.45, 7) is 4.36. The van der Waals surface area contributed by atoms with Gasteiger partial charge in [-0.3, -0.25) is 0 Å². The molecule has 0 saturated carbocycles. The van der Waals surface area contributed by atoms with E-state index >= 15 is 0 Å². The van der Waals surface area contributed by atoms with Gasteiger partial charge in [0.25, 0.3) is 0 Å². The first-order valence-electron chi connectivity index (χ1n) is 17.3. The molecule has 0 unspecified atom stereocenters. The number of hydrogen-bond donors (Lipinski definition) is 0. The average molecular weight is 643 g/mol. The maximum atomic E-state index is 5.23. The molecule has 0 N–H and O–H groups in total. The minimum Gasteiger partial charge on any atom is -0.245 e. The van der Waals surface area contributed by atoms with Gasteiger partial charge >= 0.3 is 0 Å². The normalized spacial score (nSPS) is 11.6. The molecule has 0 saturated heterocycles. The van der Waals surface area contributed by atoms with Gasteiger partial charge in [0.05, 0.1) is 44.8 Å². The van der Waals surface area contributed by atoms with E-state index in [1.54, 1.807) is 0 Å². The van der Waals surface area contributed by atoms with Crippen molar-refractivity contribution in [1.82, 2.24) is 19.9 Å². The standard InChI is InChI=1S/C46H34N4/c1-3-29-8-5-10-35(26-29)39-22-18-31-14-16-33-20-24-41(49-45(33)43(31)47-39)37-12-7-13-38(28-37)42-25-21-34-17-15-32-19-23-40(48-44(32)46(34)50-42)36-11-6-9-30(4-2)27-36/h5-28H,3-4H2,1-2H3. The number of aryl methyl sites for hydroxylation is 2. The maximum Gasteiger partial charge on any atom is 0.0972 e. The molecule has 0 radical (unpaired) electrons. The first kappa shape index (κ1) is 29.8. The molecule has 0 atom stereocenters. The summed E-state index contributed by atoms with van der Waals surface area (Å²) in [7, 11) is 0. The molecule has 238 valence electrons. The van der Waals surface area contributed by atoms with Crippen LogP contribution in [0.4, 0.5) is 0 Å². The summed E-state index contributed by atoms with van der Waals surface area (Å²) in [5.41, 5.74) is 14.3. The van der Waals surface area contributed by atoms with Crippen LogP contribution in [0.3, 0.4) is 0 Å². The van der Waals surface area contributed by atoms with Crippen LogP contribution >= 0.6 is 0 Å². The summed E-state index contributed by atoms with van der Waals surface area (Å²) in [6, 6.07) is 51.3. The van der Waals surface area contributed by atoms with Crippen molar-refractivity contribution >= 4 is 43.6 Å². The van der Waals surface area contributed by atoms with E-state index in [1.807, 2.05) is 0 Å². The van der Waals surface area contributed by atoms with Crippen molar-refractivity contribution in [2.75, 3.05) is 0 Å². The van der Waals surface area contributed by atoms with Gasteiger partial charge in [-0.2, -0.15) is 0 Å². The number of nitrogens with zero attached hydrogens (tertiary/aromatic N) is 4. The smallest absolute Gasteiger partial charge is 0.0972 e. The minimum absolute atomic E-state index is 0.902. The number of fused-ring (bicyclic) bond motifs is 6. The van der Waals surface area contributed by atoms with Crippen molar-refractivity contribution in [3.8, 4) is 45.0 Å². The van der Waals surface area contributed by atoms with E-state index in [0.717, 1.165) is 101 Å². The Labute approximate surface area is 291 Å². The van der Waals surface area contributed by atoms with Crippen molar-refractivity contribution in [3.63, 3.8) is 0 Å². The fourth-order valence-corrected chi connectivity index (χ4v) is 6.92. The number of aromatic nitrogens is 4. The van der Waals surface area contributed by atoms with Gasteiger partial charge in [-0.1, -0.05) is 117 Å². The summed E-state index contributed by atoms with van der Waals surface area (Å²) in [5, 5.41) is 4.30. The number of rotatable bonds is 6. The van der Waals surface area contributed by atoms with Crippen LogP contribution in [-0.2, 0) is 12.8 Å². The molecule has 9 aromatic rings. The lowest BCUT2D eigenvalue weighted by Crippen LogP contribution is -1.93. The van der Waals surface area contributed by atoms with Gasteiger partial charge in [-0.25, -0.2) is 19.9 Å². The average Bonchev–Trinajstić information content (AvgIpc) is 3.20. The monoisotopic (exact) mass is 642 g/mol. The number of pyridine rings is 4. The van der Waals surface area contributed by atoms with E-state index in [4.69, 9.17) is 19.9 Å². The van der Waals surface area contributed by atoms with Crippen molar-refractivity contribution in [1.29, 1.82) is 0 Å². The third-order valence-corrected chi connectivity index (χ3v) is 9.76. The molecule has 0 bridgehead atoms. The molecule has 0 amide bonds. The Hall–Kier alpha value is -6.26. The predicted molar refractivity (Wildman–Crippen MR) is 208 cm³/mol. The van der Waals surface area contributed by atoms with Gasteiger partial charge in [0, 0.05) is 43.8 Å². The fourth-order valence-electron chi connectivity index (χ4n) is 6.92. The quantitative estimate of drug-likeness (QED) is 0.169. The van der Waals surface area contributed by atoms with Gasteiger partial charge in [0.15, 0.2) is 0 Å². The van der Waals surface area contributed by atoms with E-state index in [2.05, 4.69) is 159 Å².